The fraction of sp³-hybridized carbons (Fsp3) is 0.800. The monoisotopic (exact) mass is 238 g/mol. The second-order valence-electron chi connectivity index (χ2n) is 6.11. The standard InChI is InChI=1S/C15H26O2/c1-6-12(14(16)17)9-10(2)13-8-7-11(3)15(13,4)5/h7,10,12-13H,6,8-9H2,1-5H3,(H,16,17). The quantitative estimate of drug-likeness (QED) is 0.732. The lowest BCUT2D eigenvalue weighted by Gasteiger charge is -2.35. The summed E-state index contributed by atoms with van der Waals surface area (Å²) in [7, 11) is 0. The molecule has 0 saturated heterocycles. The minimum absolute atomic E-state index is 0.179. The average molecular weight is 238 g/mol. The SMILES string of the molecule is CCC(CC(C)C1CC=C(C)C1(C)C)C(=O)O. The molecule has 1 N–H and O–H groups in total. The maximum atomic E-state index is 11.1. The number of hydrogen-bond donors (Lipinski definition) is 1. The van der Waals surface area contributed by atoms with Gasteiger partial charge in [0.2, 0.25) is 0 Å². The normalized spacial score (nSPS) is 26.4. The van der Waals surface area contributed by atoms with Crippen molar-refractivity contribution >= 4 is 5.97 Å². The molecule has 98 valence electrons. The molecule has 0 aromatic rings. The Hall–Kier alpha value is -0.790. The van der Waals surface area contributed by atoms with E-state index in [1.54, 1.807) is 0 Å². The lowest BCUT2D eigenvalue weighted by molar-refractivity contribution is -0.142. The summed E-state index contributed by atoms with van der Waals surface area (Å²) in [4.78, 5) is 11.1. The molecule has 2 nitrogen and oxygen atoms in total. The van der Waals surface area contributed by atoms with Gasteiger partial charge in [0, 0.05) is 0 Å². The fourth-order valence-electron chi connectivity index (χ4n) is 3.15. The van der Waals surface area contributed by atoms with E-state index in [4.69, 9.17) is 5.11 Å². The number of carboxylic acid groups (broad SMARTS) is 1. The number of allylic oxidation sites excluding steroid dienone is 2. The zero-order chi connectivity index (χ0) is 13.2. The van der Waals surface area contributed by atoms with Crippen LogP contribution in [0.25, 0.3) is 0 Å². The third-order valence-corrected chi connectivity index (χ3v) is 4.81. The largest absolute Gasteiger partial charge is 0.481 e. The number of hydrogen-bond acceptors (Lipinski definition) is 1. The van der Waals surface area contributed by atoms with Crippen LogP contribution in [0.15, 0.2) is 11.6 Å². The average Bonchev–Trinajstić information content (AvgIpc) is 2.50. The van der Waals surface area contributed by atoms with Crippen molar-refractivity contribution in [1.29, 1.82) is 0 Å². The van der Waals surface area contributed by atoms with Crippen molar-refractivity contribution in [3.63, 3.8) is 0 Å². The van der Waals surface area contributed by atoms with Crippen molar-refractivity contribution in [2.24, 2.45) is 23.2 Å². The second-order valence-corrected chi connectivity index (χ2v) is 6.11. The maximum absolute atomic E-state index is 11.1. The smallest absolute Gasteiger partial charge is 0.306 e. The summed E-state index contributed by atoms with van der Waals surface area (Å²) in [5.74, 6) is 0.247. The van der Waals surface area contributed by atoms with E-state index in [1.807, 2.05) is 6.92 Å². The highest BCUT2D eigenvalue weighted by Gasteiger charge is 2.39. The Bertz CT molecular complexity index is 315. The first kappa shape index (κ1) is 14.3. The molecule has 0 fully saturated rings. The predicted molar refractivity (Wildman–Crippen MR) is 70.8 cm³/mol. The Morgan fingerprint density at radius 1 is 1.59 bits per heavy atom. The van der Waals surface area contributed by atoms with Crippen LogP contribution in [0.3, 0.4) is 0 Å². The molecule has 0 radical (unpaired) electrons. The Morgan fingerprint density at radius 2 is 2.18 bits per heavy atom. The summed E-state index contributed by atoms with van der Waals surface area (Å²) >= 11 is 0. The first-order valence-corrected chi connectivity index (χ1v) is 6.70. The topological polar surface area (TPSA) is 37.3 Å². The number of carbonyl (C=O) groups is 1. The van der Waals surface area contributed by atoms with Gasteiger partial charge in [-0.1, -0.05) is 39.3 Å². The summed E-state index contributed by atoms with van der Waals surface area (Å²) in [5, 5.41) is 9.13. The van der Waals surface area contributed by atoms with Crippen molar-refractivity contribution in [3.05, 3.63) is 11.6 Å². The first-order chi connectivity index (χ1) is 7.80. The van der Waals surface area contributed by atoms with Gasteiger partial charge in [-0.25, -0.2) is 0 Å². The van der Waals surface area contributed by atoms with Gasteiger partial charge in [-0.15, -0.1) is 0 Å². The fourth-order valence-corrected chi connectivity index (χ4v) is 3.15. The third kappa shape index (κ3) is 2.91. The number of rotatable bonds is 5. The molecule has 0 aromatic heterocycles. The first-order valence-electron chi connectivity index (χ1n) is 6.70. The summed E-state index contributed by atoms with van der Waals surface area (Å²) in [5.41, 5.74) is 1.69. The molecule has 1 aliphatic carbocycles. The van der Waals surface area contributed by atoms with Gasteiger partial charge in [0.05, 0.1) is 5.92 Å². The van der Waals surface area contributed by atoms with Gasteiger partial charge in [-0.3, -0.25) is 4.79 Å². The zero-order valence-electron chi connectivity index (χ0n) is 11.8. The summed E-state index contributed by atoms with van der Waals surface area (Å²) < 4.78 is 0. The van der Waals surface area contributed by atoms with Gasteiger partial charge < -0.3 is 5.11 Å². The van der Waals surface area contributed by atoms with Gasteiger partial charge in [0.15, 0.2) is 0 Å². The molecule has 0 saturated carbocycles. The molecule has 2 heteroatoms. The molecule has 0 amide bonds. The molecule has 0 heterocycles. The molecule has 0 bridgehead atoms. The predicted octanol–water partition coefficient (Wildman–Crippen LogP) is 4.12. The lowest BCUT2D eigenvalue weighted by atomic mass is 9.69. The van der Waals surface area contributed by atoms with Crippen LogP contribution < -0.4 is 0 Å². The van der Waals surface area contributed by atoms with E-state index in [0.29, 0.717) is 11.8 Å². The van der Waals surface area contributed by atoms with Crippen molar-refractivity contribution in [1.82, 2.24) is 0 Å². The van der Waals surface area contributed by atoms with Crippen LogP contribution in [0.5, 0.6) is 0 Å². The van der Waals surface area contributed by atoms with Crippen molar-refractivity contribution in [3.8, 4) is 0 Å². The van der Waals surface area contributed by atoms with Crippen molar-refractivity contribution in [2.75, 3.05) is 0 Å². The zero-order valence-corrected chi connectivity index (χ0v) is 11.8. The van der Waals surface area contributed by atoms with E-state index < -0.39 is 5.97 Å². The van der Waals surface area contributed by atoms with E-state index in [9.17, 15) is 4.79 Å². The summed E-state index contributed by atoms with van der Waals surface area (Å²) in [6, 6.07) is 0. The molecule has 0 spiro atoms. The highest BCUT2D eigenvalue weighted by atomic mass is 16.4. The molecule has 3 unspecified atom stereocenters. The number of carboxylic acids is 1. The van der Waals surface area contributed by atoms with Crippen LogP contribution in [0, 0.1) is 23.2 Å². The van der Waals surface area contributed by atoms with Gasteiger partial charge in [0.25, 0.3) is 0 Å². The van der Waals surface area contributed by atoms with E-state index in [-0.39, 0.29) is 11.3 Å². The van der Waals surface area contributed by atoms with Crippen LogP contribution in [-0.2, 0) is 4.79 Å². The van der Waals surface area contributed by atoms with Gasteiger partial charge in [-0.05, 0) is 43.4 Å². The van der Waals surface area contributed by atoms with E-state index >= 15 is 0 Å². The molecule has 0 aliphatic heterocycles. The Labute approximate surface area is 105 Å². The molecule has 17 heavy (non-hydrogen) atoms. The van der Waals surface area contributed by atoms with Crippen LogP contribution >= 0.6 is 0 Å². The highest BCUT2D eigenvalue weighted by Crippen LogP contribution is 2.48. The van der Waals surface area contributed by atoms with Crippen molar-refractivity contribution < 1.29 is 9.90 Å². The molecule has 3 atom stereocenters. The molecule has 1 rings (SSSR count). The lowest BCUT2D eigenvalue weighted by Crippen LogP contribution is -2.29. The van der Waals surface area contributed by atoms with Crippen LogP contribution in [0.4, 0.5) is 0 Å². The number of aliphatic carboxylic acids is 1. The Kier molecular flexibility index (Phi) is 4.40. The maximum Gasteiger partial charge on any atom is 0.306 e. The molecular formula is C15H26O2. The van der Waals surface area contributed by atoms with Crippen LogP contribution in [0.1, 0.15) is 53.9 Å². The van der Waals surface area contributed by atoms with E-state index in [0.717, 1.165) is 19.3 Å². The molecule has 0 aromatic carbocycles. The Balaban J connectivity index is 2.66. The van der Waals surface area contributed by atoms with Gasteiger partial charge in [0.1, 0.15) is 0 Å². The Morgan fingerprint density at radius 3 is 2.53 bits per heavy atom. The van der Waals surface area contributed by atoms with E-state index in [2.05, 4.69) is 33.8 Å². The molecule has 1 aliphatic rings. The van der Waals surface area contributed by atoms with Crippen LogP contribution in [-0.4, -0.2) is 11.1 Å². The minimum Gasteiger partial charge on any atom is -0.481 e. The second kappa shape index (κ2) is 5.24. The minimum atomic E-state index is -0.639. The van der Waals surface area contributed by atoms with Crippen molar-refractivity contribution in [2.45, 2.75) is 53.9 Å². The summed E-state index contributed by atoms with van der Waals surface area (Å²) in [6.07, 6.45) is 4.97. The highest BCUT2D eigenvalue weighted by molar-refractivity contribution is 5.69. The van der Waals surface area contributed by atoms with Crippen LogP contribution in [0.2, 0.25) is 0 Å². The summed E-state index contributed by atoms with van der Waals surface area (Å²) in [6.45, 7) is 10.9. The van der Waals surface area contributed by atoms with Gasteiger partial charge in [-0.2, -0.15) is 0 Å². The third-order valence-electron chi connectivity index (χ3n) is 4.81. The van der Waals surface area contributed by atoms with E-state index in [1.165, 1.54) is 5.57 Å². The molecular weight excluding hydrogens is 212 g/mol. The van der Waals surface area contributed by atoms with Gasteiger partial charge >= 0.3 is 5.97 Å².